The summed E-state index contributed by atoms with van der Waals surface area (Å²) in [6, 6.07) is 3.30. The van der Waals surface area contributed by atoms with Crippen molar-refractivity contribution < 1.29 is 18.0 Å². The van der Waals surface area contributed by atoms with Crippen LogP contribution in [0.25, 0.3) is 6.08 Å². The smallest absolute Gasteiger partial charge is 0.339 e. The Hall–Kier alpha value is -1.78. The monoisotopic (exact) mass is 269 g/mol. The van der Waals surface area contributed by atoms with Gasteiger partial charge in [-0.25, -0.2) is 0 Å². The van der Waals surface area contributed by atoms with E-state index in [-0.39, 0.29) is 17.5 Å². The molecule has 0 N–H and O–H groups in total. The van der Waals surface area contributed by atoms with Crippen molar-refractivity contribution in [2.75, 3.05) is 7.05 Å². The standard InChI is InChI=1S/C14H14F3NO/c1-3-9-4-5-10(14(15,16)17)8-12(9)13(19)18(2)11-6-7-11/h3-5,8,11H,1,6-7H2,2H3. The van der Waals surface area contributed by atoms with Crippen LogP contribution in [0, 0.1) is 0 Å². The third-order valence-electron chi connectivity index (χ3n) is 3.25. The number of carbonyl (C=O) groups is 1. The van der Waals surface area contributed by atoms with Gasteiger partial charge in [-0.3, -0.25) is 4.79 Å². The van der Waals surface area contributed by atoms with Gasteiger partial charge in [-0.05, 0) is 30.5 Å². The molecule has 1 aliphatic carbocycles. The lowest BCUT2D eigenvalue weighted by Crippen LogP contribution is -2.29. The molecular formula is C14H14F3NO. The highest BCUT2D eigenvalue weighted by molar-refractivity contribution is 5.98. The van der Waals surface area contributed by atoms with E-state index in [0.717, 1.165) is 25.0 Å². The highest BCUT2D eigenvalue weighted by Gasteiger charge is 2.34. The van der Waals surface area contributed by atoms with Gasteiger partial charge in [-0.2, -0.15) is 13.2 Å². The second kappa shape index (κ2) is 4.72. The van der Waals surface area contributed by atoms with Crippen LogP contribution < -0.4 is 0 Å². The summed E-state index contributed by atoms with van der Waals surface area (Å²) in [6.07, 6.45) is -1.24. The highest BCUT2D eigenvalue weighted by atomic mass is 19.4. The van der Waals surface area contributed by atoms with Crippen molar-refractivity contribution >= 4 is 12.0 Å². The first kappa shape index (κ1) is 13.6. The van der Waals surface area contributed by atoms with E-state index in [1.54, 1.807) is 7.05 Å². The highest BCUT2D eigenvalue weighted by Crippen LogP contribution is 2.32. The molecule has 0 aromatic heterocycles. The molecule has 0 heterocycles. The van der Waals surface area contributed by atoms with Crippen molar-refractivity contribution in [2.45, 2.75) is 25.1 Å². The number of amides is 1. The van der Waals surface area contributed by atoms with Crippen LogP contribution in [0.15, 0.2) is 24.8 Å². The molecule has 0 radical (unpaired) electrons. The molecule has 1 fully saturated rings. The van der Waals surface area contributed by atoms with Crippen molar-refractivity contribution in [1.29, 1.82) is 0 Å². The van der Waals surface area contributed by atoms with Crippen LogP contribution in [0.1, 0.15) is 34.3 Å². The summed E-state index contributed by atoms with van der Waals surface area (Å²) < 4.78 is 38.1. The SMILES string of the molecule is C=Cc1ccc(C(F)(F)F)cc1C(=O)N(C)C1CC1. The Balaban J connectivity index is 2.41. The van der Waals surface area contributed by atoms with Gasteiger partial charge in [0.15, 0.2) is 0 Å². The van der Waals surface area contributed by atoms with E-state index in [0.29, 0.717) is 5.56 Å². The molecule has 0 aliphatic heterocycles. The Morgan fingerprint density at radius 1 is 1.42 bits per heavy atom. The molecule has 2 rings (SSSR count). The maximum atomic E-state index is 12.7. The fraction of sp³-hybridized carbons (Fsp3) is 0.357. The van der Waals surface area contributed by atoms with Gasteiger partial charge in [-0.15, -0.1) is 0 Å². The molecule has 0 atom stereocenters. The van der Waals surface area contributed by atoms with Crippen LogP contribution in [0.5, 0.6) is 0 Å². The minimum atomic E-state index is -4.45. The van der Waals surface area contributed by atoms with Gasteiger partial charge in [0, 0.05) is 18.7 Å². The zero-order chi connectivity index (χ0) is 14.2. The molecule has 1 amide bonds. The molecule has 19 heavy (non-hydrogen) atoms. The number of alkyl halides is 3. The number of benzene rings is 1. The minimum absolute atomic E-state index is 0.0548. The lowest BCUT2D eigenvalue weighted by molar-refractivity contribution is -0.137. The first-order valence-corrected chi connectivity index (χ1v) is 5.95. The van der Waals surface area contributed by atoms with Crippen molar-refractivity contribution in [1.82, 2.24) is 4.90 Å². The molecule has 102 valence electrons. The van der Waals surface area contributed by atoms with Crippen LogP contribution in [0.3, 0.4) is 0 Å². The molecule has 0 bridgehead atoms. The first-order chi connectivity index (χ1) is 8.84. The lowest BCUT2D eigenvalue weighted by atomic mass is 10.0. The van der Waals surface area contributed by atoms with E-state index >= 15 is 0 Å². The largest absolute Gasteiger partial charge is 0.416 e. The Morgan fingerprint density at radius 2 is 2.05 bits per heavy atom. The van der Waals surface area contributed by atoms with Gasteiger partial charge in [0.2, 0.25) is 0 Å². The van der Waals surface area contributed by atoms with Gasteiger partial charge in [-0.1, -0.05) is 18.7 Å². The molecule has 1 aromatic carbocycles. The number of hydrogen-bond acceptors (Lipinski definition) is 1. The second-order valence-corrected chi connectivity index (χ2v) is 4.65. The Morgan fingerprint density at radius 3 is 2.53 bits per heavy atom. The number of nitrogens with zero attached hydrogens (tertiary/aromatic N) is 1. The molecule has 1 aromatic rings. The maximum absolute atomic E-state index is 12.7. The summed E-state index contributed by atoms with van der Waals surface area (Å²) in [5, 5.41) is 0. The summed E-state index contributed by atoms with van der Waals surface area (Å²) in [6.45, 7) is 3.53. The Labute approximate surface area is 109 Å². The summed E-state index contributed by atoms with van der Waals surface area (Å²) in [5.41, 5.74) is -0.338. The van der Waals surface area contributed by atoms with E-state index in [1.807, 2.05) is 0 Å². The molecule has 1 aliphatic rings. The van der Waals surface area contributed by atoms with Crippen LogP contribution in [-0.2, 0) is 6.18 Å². The molecule has 5 heteroatoms. The molecule has 0 unspecified atom stereocenters. The van der Waals surface area contributed by atoms with Crippen LogP contribution >= 0.6 is 0 Å². The molecule has 0 saturated heterocycles. The van der Waals surface area contributed by atoms with Crippen LogP contribution in [0.2, 0.25) is 0 Å². The minimum Gasteiger partial charge on any atom is -0.339 e. The third kappa shape index (κ3) is 2.80. The number of hydrogen-bond donors (Lipinski definition) is 0. The third-order valence-corrected chi connectivity index (χ3v) is 3.25. The number of halogens is 3. The predicted molar refractivity (Wildman–Crippen MR) is 66.7 cm³/mol. The van der Waals surface area contributed by atoms with Crippen LogP contribution in [0.4, 0.5) is 13.2 Å². The fourth-order valence-electron chi connectivity index (χ4n) is 1.91. The zero-order valence-corrected chi connectivity index (χ0v) is 10.5. The van der Waals surface area contributed by atoms with Crippen molar-refractivity contribution in [3.63, 3.8) is 0 Å². The fourth-order valence-corrected chi connectivity index (χ4v) is 1.91. The number of carbonyl (C=O) groups excluding carboxylic acids is 1. The average molecular weight is 269 g/mol. The van der Waals surface area contributed by atoms with Gasteiger partial charge in [0.05, 0.1) is 5.56 Å². The van der Waals surface area contributed by atoms with Crippen molar-refractivity contribution in [2.24, 2.45) is 0 Å². The van der Waals surface area contributed by atoms with Crippen LogP contribution in [-0.4, -0.2) is 23.9 Å². The van der Waals surface area contributed by atoms with Gasteiger partial charge in [0.25, 0.3) is 5.91 Å². The predicted octanol–water partition coefficient (Wildman–Crippen LogP) is 3.58. The zero-order valence-electron chi connectivity index (χ0n) is 10.5. The Kier molecular flexibility index (Phi) is 3.39. The van der Waals surface area contributed by atoms with Gasteiger partial charge in [0.1, 0.15) is 0 Å². The summed E-state index contributed by atoms with van der Waals surface area (Å²) in [4.78, 5) is 13.7. The van der Waals surface area contributed by atoms with Crippen molar-refractivity contribution in [3.8, 4) is 0 Å². The molecule has 1 saturated carbocycles. The van der Waals surface area contributed by atoms with Gasteiger partial charge >= 0.3 is 6.18 Å². The number of rotatable bonds is 3. The van der Waals surface area contributed by atoms with E-state index < -0.39 is 11.7 Å². The summed E-state index contributed by atoms with van der Waals surface area (Å²) in [5.74, 6) is -0.386. The van der Waals surface area contributed by atoms with E-state index in [4.69, 9.17) is 0 Å². The lowest BCUT2D eigenvalue weighted by Gasteiger charge is -2.18. The maximum Gasteiger partial charge on any atom is 0.416 e. The average Bonchev–Trinajstić information content (AvgIpc) is 3.19. The van der Waals surface area contributed by atoms with Gasteiger partial charge < -0.3 is 4.90 Å². The first-order valence-electron chi connectivity index (χ1n) is 5.95. The molecule has 0 spiro atoms. The van der Waals surface area contributed by atoms with E-state index in [1.165, 1.54) is 17.0 Å². The quantitative estimate of drug-likeness (QED) is 0.821. The van der Waals surface area contributed by atoms with E-state index in [2.05, 4.69) is 6.58 Å². The van der Waals surface area contributed by atoms with Crippen molar-refractivity contribution in [3.05, 3.63) is 41.5 Å². The van der Waals surface area contributed by atoms with E-state index in [9.17, 15) is 18.0 Å². The second-order valence-electron chi connectivity index (χ2n) is 4.65. The normalized spacial score (nSPS) is 15.2. The summed E-state index contributed by atoms with van der Waals surface area (Å²) in [7, 11) is 1.62. The molecule has 2 nitrogen and oxygen atoms in total. The molecular weight excluding hydrogens is 255 g/mol. The summed E-state index contributed by atoms with van der Waals surface area (Å²) >= 11 is 0. The topological polar surface area (TPSA) is 20.3 Å². The Bertz CT molecular complexity index is 518.